The summed E-state index contributed by atoms with van der Waals surface area (Å²) < 4.78 is 10.7. The highest BCUT2D eigenvalue weighted by atomic mass is 16.6. The molecular weight excluding hydrogens is 286 g/mol. The normalized spacial score (nSPS) is 12.0. The van der Waals surface area contributed by atoms with Crippen molar-refractivity contribution in [3.8, 4) is 0 Å². The van der Waals surface area contributed by atoms with Crippen LogP contribution in [0.3, 0.4) is 0 Å². The number of rotatable bonds is 8. The van der Waals surface area contributed by atoms with Gasteiger partial charge in [-0.25, -0.2) is 9.78 Å². The van der Waals surface area contributed by atoms with Gasteiger partial charge in [-0.15, -0.1) is 0 Å². The van der Waals surface area contributed by atoms with Crippen LogP contribution in [0.25, 0.3) is 0 Å². The number of likely N-dealkylation sites (N-methyl/N-ethyl adjacent to an activating group) is 1. The van der Waals surface area contributed by atoms with Gasteiger partial charge in [0.1, 0.15) is 12.1 Å². The molecule has 1 amide bonds. The zero-order valence-corrected chi connectivity index (χ0v) is 13.4. The lowest BCUT2D eigenvalue weighted by atomic mass is 10.2. The van der Waals surface area contributed by atoms with Gasteiger partial charge >= 0.3 is 6.09 Å². The highest BCUT2D eigenvalue weighted by Crippen LogP contribution is 2.18. The molecule has 1 heterocycles. The molecule has 0 spiro atoms. The number of aromatic nitrogens is 1. The summed E-state index contributed by atoms with van der Waals surface area (Å²) in [6, 6.07) is 3.22. The molecule has 0 saturated carbocycles. The smallest absolute Gasteiger partial charge is 0.415 e. The van der Waals surface area contributed by atoms with E-state index >= 15 is 0 Å². The van der Waals surface area contributed by atoms with E-state index < -0.39 is 6.09 Å². The summed E-state index contributed by atoms with van der Waals surface area (Å²) >= 11 is 0. The Bertz CT molecular complexity index is 493. The number of hydrogen-bond donors (Lipinski definition) is 1. The summed E-state index contributed by atoms with van der Waals surface area (Å²) in [5.74, 6) is 0.472. The van der Waals surface area contributed by atoms with Gasteiger partial charge in [0, 0.05) is 18.8 Å². The van der Waals surface area contributed by atoms with Crippen LogP contribution >= 0.6 is 0 Å². The zero-order chi connectivity index (χ0) is 16.5. The van der Waals surface area contributed by atoms with Gasteiger partial charge < -0.3 is 19.6 Å². The summed E-state index contributed by atoms with van der Waals surface area (Å²) in [6.45, 7) is 4.06. The molecule has 0 aliphatic rings. The van der Waals surface area contributed by atoms with Gasteiger partial charge in [0.15, 0.2) is 0 Å². The fourth-order valence-electron chi connectivity index (χ4n) is 1.70. The van der Waals surface area contributed by atoms with Crippen LogP contribution in [-0.4, -0.2) is 50.2 Å². The third-order valence-electron chi connectivity index (χ3n) is 2.89. The van der Waals surface area contributed by atoms with Crippen molar-refractivity contribution in [3.63, 3.8) is 0 Å². The lowest BCUT2D eigenvalue weighted by molar-refractivity contribution is -0.110. The number of anilines is 1. The van der Waals surface area contributed by atoms with Crippen LogP contribution < -0.4 is 10.2 Å². The van der Waals surface area contributed by atoms with Crippen LogP contribution in [0.15, 0.2) is 18.3 Å². The number of carbonyl (C=O) groups excluding carboxylic acids is 2. The summed E-state index contributed by atoms with van der Waals surface area (Å²) in [5, 5.41) is 2.82. The third-order valence-corrected chi connectivity index (χ3v) is 2.89. The molecule has 0 radical (unpaired) electrons. The van der Waals surface area contributed by atoms with Gasteiger partial charge in [0.2, 0.25) is 0 Å². The van der Waals surface area contributed by atoms with Crippen LogP contribution in [0.2, 0.25) is 0 Å². The van der Waals surface area contributed by atoms with Crippen molar-refractivity contribution >= 4 is 18.2 Å². The van der Waals surface area contributed by atoms with Gasteiger partial charge in [0.05, 0.1) is 25.4 Å². The maximum atomic E-state index is 11.9. The van der Waals surface area contributed by atoms with E-state index in [-0.39, 0.29) is 25.4 Å². The first-order chi connectivity index (χ1) is 10.5. The molecule has 0 aliphatic heterocycles. The van der Waals surface area contributed by atoms with Gasteiger partial charge in [0.25, 0.3) is 0 Å². The Morgan fingerprint density at radius 2 is 2.23 bits per heavy atom. The van der Waals surface area contributed by atoms with Crippen LogP contribution in [0, 0.1) is 0 Å². The highest BCUT2D eigenvalue weighted by molar-refractivity contribution is 5.86. The molecule has 0 fully saturated rings. The van der Waals surface area contributed by atoms with Crippen molar-refractivity contribution in [2.75, 3.05) is 25.6 Å². The Hall–Kier alpha value is -1.99. The summed E-state index contributed by atoms with van der Waals surface area (Å²) in [4.78, 5) is 28.2. The molecule has 22 heavy (non-hydrogen) atoms. The average Bonchev–Trinajstić information content (AvgIpc) is 2.50. The van der Waals surface area contributed by atoms with Crippen molar-refractivity contribution in [1.29, 1.82) is 0 Å². The number of ether oxygens (including phenoxy) is 2. The molecule has 122 valence electrons. The molecule has 0 saturated heterocycles. The first-order valence-electron chi connectivity index (χ1n) is 7.08. The van der Waals surface area contributed by atoms with E-state index in [9.17, 15) is 9.59 Å². The number of nitrogens with one attached hydrogen (secondary N) is 1. The van der Waals surface area contributed by atoms with Gasteiger partial charge in [-0.1, -0.05) is 6.07 Å². The Labute approximate surface area is 130 Å². The van der Waals surface area contributed by atoms with E-state index in [1.807, 2.05) is 6.07 Å². The largest absolute Gasteiger partial charge is 0.446 e. The fourth-order valence-corrected chi connectivity index (χ4v) is 1.70. The van der Waals surface area contributed by atoms with Gasteiger partial charge in [-0.05, 0) is 27.0 Å². The number of amides is 1. The minimum atomic E-state index is -0.476. The predicted molar refractivity (Wildman–Crippen MR) is 82.8 cm³/mol. The second kappa shape index (κ2) is 9.11. The van der Waals surface area contributed by atoms with E-state index in [1.54, 1.807) is 40.2 Å². The van der Waals surface area contributed by atoms with Crippen LogP contribution in [0.4, 0.5) is 10.6 Å². The summed E-state index contributed by atoms with van der Waals surface area (Å²) in [6.07, 6.45) is 1.70. The molecule has 1 unspecified atom stereocenters. The number of nitrogens with zero attached hydrogens (tertiary/aromatic N) is 2. The minimum Gasteiger partial charge on any atom is -0.446 e. The fraction of sp³-hybridized carbons (Fsp3) is 0.533. The van der Waals surface area contributed by atoms with Crippen molar-refractivity contribution in [1.82, 2.24) is 10.3 Å². The lowest BCUT2D eigenvalue weighted by Gasteiger charge is -2.20. The molecule has 7 heteroatoms. The van der Waals surface area contributed by atoms with Gasteiger partial charge in [-0.3, -0.25) is 4.90 Å². The second-order valence-corrected chi connectivity index (χ2v) is 5.02. The maximum Gasteiger partial charge on any atom is 0.415 e. The number of hydrogen-bond acceptors (Lipinski definition) is 6. The highest BCUT2D eigenvalue weighted by Gasteiger charge is 2.18. The number of aldehydes is 1. The SMILES string of the molecule is CNC(C=O)COCc1cccnc1N(C)C(=O)OC(C)C. The summed E-state index contributed by atoms with van der Waals surface area (Å²) in [7, 11) is 3.28. The lowest BCUT2D eigenvalue weighted by Crippen LogP contribution is -2.32. The van der Waals surface area contributed by atoms with E-state index in [4.69, 9.17) is 9.47 Å². The third kappa shape index (κ3) is 5.42. The Morgan fingerprint density at radius 1 is 1.50 bits per heavy atom. The predicted octanol–water partition coefficient (Wildman–Crippen LogP) is 1.37. The minimum absolute atomic E-state index is 0.206. The average molecular weight is 309 g/mol. The van der Waals surface area contributed by atoms with Gasteiger partial charge in [-0.2, -0.15) is 0 Å². The van der Waals surface area contributed by atoms with Crippen molar-refractivity contribution in [2.45, 2.75) is 32.6 Å². The molecule has 1 aromatic heterocycles. The first-order valence-corrected chi connectivity index (χ1v) is 7.08. The number of carbonyl (C=O) groups is 2. The van der Waals surface area contributed by atoms with Crippen molar-refractivity contribution in [2.24, 2.45) is 0 Å². The molecule has 0 bridgehead atoms. The number of pyridine rings is 1. The van der Waals surface area contributed by atoms with Crippen molar-refractivity contribution in [3.05, 3.63) is 23.9 Å². The van der Waals surface area contributed by atoms with E-state index in [0.29, 0.717) is 5.82 Å². The molecule has 0 aromatic carbocycles. The zero-order valence-electron chi connectivity index (χ0n) is 13.4. The molecule has 0 aliphatic carbocycles. The summed E-state index contributed by atoms with van der Waals surface area (Å²) in [5.41, 5.74) is 0.742. The molecule has 1 N–H and O–H groups in total. The Morgan fingerprint density at radius 3 is 2.82 bits per heavy atom. The van der Waals surface area contributed by atoms with E-state index in [0.717, 1.165) is 11.8 Å². The molecule has 7 nitrogen and oxygen atoms in total. The quantitative estimate of drug-likeness (QED) is 0.730. The van der Waals surface area contributed by atoms with E-state index in [2.05, 4.69) is 10.3 Å². The molecular formula is C15H23N3O4. The standard InChI is InChI=1S/C15H23N3O4/c1-11(2)22-15(20)18(4)14-12(6-5-7-17-14)9-21-10-13(8-19)16-3/h5-8,11,13,16H,9-10H2,1-4H3. The van der Waals surface area contributed by atoms with Crippen molar-refractivity contribution < 1.29 is 19.1 Å². The molecule has 1 rings (SSSR count). The van der Waals surface area contributed by atoms with Crippen LogP contribution in [0.1, 0.15) is 19.4 Å². The van der Waals surface area contributed by atoms with Crippen LogP contribution in [0.5, 0.6) is 0 Å². The first kappa shape index (κ1) is 18.1. The second-order valence-electron chi connectivity index (χ2n) is 5.02. The van der Waals surface area contributed by atoms with E-state index in [1.165, 1.54) is 4.90 Å². The van der Waals surface area contributed by atoms with Crippen LogP contribution in [-0.2, 0) is 20.9 Å². The Balaban J connectivity index is 2.72. The monoisotopic (exact) mass is 309 g/mol. The maximum absolute atomic E-state index is 11.9. The molecule has 1 aromatic rings. The molecule has 1 atom stereocenters. The topological polar surface area (TPSA) is 80.8 Å². The Kier molecular flexibility index (Phi) is 7.48.